The highest BCUT2D eigenvalue weighted by Crippen LogP contribution is 2.42. The van der Waals surface area contributed by atoms with Crippen LogP contribution in [0, 0.1) is 5.82 Å². The summed E-state index contributed by atoms with van der Waals surface area (Å²) in [7, 11) is 0. The lowest BCUT2D eigenvalue weighted by Gasteiger charge is -2.16. The molecule has 0 aliphatic carbocycles. The SMILES string of the molecule is CCOc1cc(C=Nn2c(-c3cc4cc(Br)ccc4o3)nc3ccccc3c2=O)c(Br)c(Cl)c1OCC(=O)Nc1ccc(F)cc1. The molecule has 2 aromatic heterocycles. The minimum absolute atomic E-state index is 0.119. The smallest absolute Gasteiger partial charge is 0.282 e. The van der Waals surface area contributed by atoms with Gasteiger partial charge in [0.25, 0.3) is 11.5 Å². The Labute approximate surface area is 282 Å². The standard InChI is InChI=1S/C33H22Br2ClFN4O5/c1-2-44-26-15-19(29(35)30(36)31(26)45-17-28(42)39-22-10-8-21(37)9-11-22)16-38-41-32(40-24-6-4-3-5-23(24)33(41)43)27-14-18-13-20(34)7-12-25(18)46-27/h3-16H,2,17H2,1H3,(H,39,42). The summed E-state index contributed by atoms with van der Waals surface area (Å²) in [5, 5.41) is 8.46. The van der Waals surface area contributed by atoms with E-state index in [9.17, 15) is 14.0 Å². The van der Waals surface area contributed by atoms with Gasteiger partial charge in [0.2, 0.25) is 5.82 Å². The van der Waals surface area contributed by atoms with Gasteiger partial charge in [0.1, 0.15) is 16.4 Å². The predicted octanol–water partition coefficient (Wildman–Crippen LogP) is 8.43. The molecule has 0 aliphatic heterocycles. The van der Waals surface area contributed by atoms with Crippen LogP contribution in [0.25, 0.3) is 33.5 Å². The Balaban J connectivity index is 1.36. The van der Waals surface area contributed by atoms with E-state index in [1.54, 1.807) is 43.3 Å². The second kappa shape index (κ2) is 13.5. The average Bonchev–Trinajstić information content (AvgIpc) is 3.47. The number of aromatic nitrogens is 2. The molecule has 0 radical (unpaired) electrons. The normalized spacial score (nSPS) is 11.4. The number of fused-ring (bicyclic) bond motifs is 2. The number of halogens is 4. The van der Waals surface area contributed by atoms with Crippen LogP contribution in [0.15, 0.2) is 102 Å². The molecule has 1 N–H and O–H groups in total. The lowest BCUT2D eigenvalue weighted by atomic mass is 10.2. The zero-order valence-electron chi connectivity index (χ0n) is 23.9. The van der Waals surface area contributed by atoms with Crippen LogP contribution in [0.1, 0.15) is 12.5 Å². The van der Waals surface area contributed by atoms with Crippen molar-refractivity contribution in [3.05, 3.63) is 115 Å². The van der Waals surface area contributed by atoms with Crippen molar-refractivity contribution in [2.75, 3.05) is 18.5 Å². The van der Waals surface area contributed by atoms with Crippen LogP contribution < -0.4 is 20.3 Å². The van der Waals surface area contributed by atoms with E-state index in [0.717, 1.165) is 9.86 Å². The first-order valence-corrected chi connectivity index (χ1v) is 15.8. The number of anilines is 1. The van der Waals surface area contributed by atoms with Gasteiger partial charge in [-0.05, 0) is 89.6 Å². The summed E-state index contributed by atoms with van der Waals surface area (Å²) in [5.74, 6) is 0.0195. The number of nitrogens with zero attached hydrogens (tertiary/aromatic N) is 3. The van der Waals surface area contributed by atoms with Crippen molar-refractivity contribution < 1.29 is 23.1 Å². The molecule has 13 heteroatoms. The lowest BCUT2D eigenvalue weighted by Crippen LogP contribution is -2.21. The van der Waals surface area contributed by atoms with Gasteiger partial charge in [-0.25, -0.2) is 9.37 Å². The Bertz CT molecular complexity index is 2200. The highest BCUT2D eigenvalue weighted by Gasteiger charge is 2.20. The Morgan fingerprint density at radius 1 is 1.09 bits per heavy atom. The maximum absolute atomic E-state index is 13.7. The number of ether oxygens (including phenoxy) is 2. The number of carbonyl (C=O) groups excluding carboxylic acids is 1. The molecule has 0 saturated heterocycles. The van der Waals surface area contributed by atoms with E-state index >= 15 is 0 Å². The molecule has 9 nitrogen and oxygen atoms in total. The number of amides is 1. The molecule has 0 bridgehead atoms. The summed E-state index contributed by atoms with van der Waals surface area (Å²) >= 11 is 13.7. The minimum atomic E-state index is -0.486. The van der Waals surface area contributed by atoms with E-state index < -0.39 is 23.9 Å². The number of benzene rings is 4. The molecule has 46 heavy (non-hydrogen) atoms. The fourth-order valence-electron chi connectivity index (χ4n) is 4.60. The van der Waals surface area contributed by atoms with E-state index in [-0.39, 0.29) is 29.0 Å². The van der Waals surface area contributed by atoms with Crippen LogP contribution in [0.4, 0.5) is 10.1 Å². The Hall–Kier alpha value is -4.52. The maximum atomic E-state index is 13.7. The van der Waals surface area contributed by atoms with E-state index in [2.05, 4.69) is 42.3 Å². The van der Waals surface area contributed by atoms with Crippen LogP contribution >= 0.6 is 43.5 Å². The van der Waals surface area contributed by atoms with Crippen molar-refractivity contribution in [2.24, 2.45) is 5.10 Å². The fraction of sp³-hybridized carbons (Fsp3) is 0.0909. The third-order valence-electron chi connectivity index (χ3n) is 6.70. The van der Waals surface area contributed by atoms with Crippen molar-refractivity contribution in [3.63, 3.8) is 0 Å². The van der Waals surface area contributed by atoms with Gasteiger partial charge in [0.15, 0.2) is 23.9 Å². The fourth-order valence-corrected chi connectivity index (χ4v) is 5.63. The molecule has 6 aromatic rings. The van der Waals surface area contributed by atoms with Gasteiger partial charge in [-0.1, -0.05) is 39.7 Å². The second-order valence-electron chi connectivity index (χ2n) is 9.80. The predicted molar refractivity (Wildman–Crippen MR) is 183 cm³/mol. The number of carbonyl (C=O) groups is 1. The third-order valence-corrected chi connectivity index (χ3v) is 8.63. The molecule has 232 valence electrons. The molecule has 0 aliphatic rings. The van der Waals surface area contributed by atoms with Crippen molar-refractivity contribution in [1.82, 2.24) is 9.66 Å². The monoisotopic (exact) mass is 766 g/mol. The van der Waals surface area contributed by atoms with Gasteiger partial charge in [-0.3, -0.25) is 9.59 Å². The largest absolute Gasteiger partial charge is 0.490 e. The third kappa shape index (κ3) is 6.55. The molecular formula is C33H22Br2ClFN4O5. The number of hydrogen-bond acceptors (Lipinski definition) is 7. The molecule has 0 atom stereocenters. The van der Waals surface area contributed by atoms with Crippen LogP contribution in [-0.2, 0) is 4.79 Å². The van der Waals surface area contributed by atoms with Crippen molar-refractivity contribution >= 4 is 83.1 Å². The van der Waals surface area contributed by atoms with Crippen molar-refractivity contribution in [1.29, 1.82) is 0 Å². The first-order chi connectivity index (χ1) is 22.2. The number of rotatable bonds is 9. The second-order valence-corrected chi connectivity index (χ2v) is 11.9. The first kappa shape index (κ1) is 31.5. The van der Waals surface area contributed by atoms with E-state index in [1.807, 2.05) is 18.2 Å². The van der Waals surface area contributed by atoms with Gasteiger partial charge in [-0.15, -0.1) is 0 Å². The summed E-state index contributed by atoms with van der Waals surface area (Å²) in [6.07, 6.45) is 1.43. The maximum Gasteiger partial charge on any atom is 0.282 e. The Morgan fingerprint density at radius 2 is 1.87 bits per heavy atom. The summed E-state index contributed by atoms with van der Waals surface area (Å²) in [6, 6.07) is 21.3. The summed E-state index contributed by atoms with van der Waals surface area (Å²) in [4.78, 5) is 30.9. The lowest BCUT2D eigenvalue weighted by molar-refractivity contribution is -0.118. The molecule has 2 heterocycles. The number of hydrogen-bond donors (Lipinski definition) is 1. The zero-order valence-corrected chi connectivity index (χ0v) is 27.8. The first-order valence-electron chi connectivity index (χ1n) is 13.8. The Kier molecular flexibility index (Phi) is 9.20. The van der Waals surface area contributed by atoms with E-state index in [4.69, 9.17) is 30.5 Å². The number of furan rings is 1. The van der Waals surface area contributed by atoms with E-state index in [0.29, 0.717) is 38.0 Å². The molecule has 0 fully saturated rings. The van der Waals surface area contributed by atoms with Gasteiger partial charge < -0.3 is 19.2 Å². The van der Waals surface area contributed by atoms with Crippen LogP contribution in [0.3, 0.4) is 0 Å². The minimum Gasteiger partial charge on any atom is -0.490 e. The highest BCUT2D eigenvalue weighted by molar-refractivity contribution is 9.10. The molecule has 0 spiro atoms. The highest BCUT2D eigenvalue weighted by atomic mass is 79.9. The molecule has 1 amide bonds. The summed E-state index contributed by atoms with van der Waals surface area (Å²) in [5.41, 5.74) is 1.57. The molecule has 4 aromatic carbocycles. The van der Waals surface area contributed by atoms with Gasteiger partial charge in [-0.2, -0.15) is 9.78 Å². The quantitative estimate of drug-likeness (QED) is 0.148. The molecule has 6 rings (SSSR count). The molecular weight excluding hydrogens is 747 g/mol. The van der Waals surface area contributed by atoms with Crippen LogP contribution in [0.5, 0.6) is 11.5 Å². The summed E-state index contributed by atoms with van der Waals surface area (Å²) < 4.78 is 33.2. The van der Waals surface area contributed by atoms with Crippen LogP contribution in [-0.4, -0.2) is 35.0 Å². The number of nitrogens with one attached hydrogen (secondary N) is 1. The van der Waals surface area contributed by atoms with E-state index in [1.165, 1.54) is 35.2 Å². The number of para-hydroxylation sites is 1. The Morgan fingerprint density at radius 3 is 2.65 bits per heavy atom. The van der Waals surface area contributed by atoms with Crippen molar-refractivity contribution in [2.45, 2.75) is 6.92 Å². The topological polar surface area (TPSA) is 108 Å². The van der Waals surface area contributed by atoms with Crippen molar-refractivity contribution in [3.8, 4) is 23.1 Å². The van der Waals surface area contributed by atoms with Gasteiger partial charge >= 0.3 is 0 Å². The van der Waals surface area contributed by atoms with Crippen LogP contribution in [0.2, 0.25) is 5.02 Å². The van der Waals surface area contributed by atoms with Gasteiger partial charge in [0.05, 0.1) is 23.7 Å². The average molecular weight is 769 g/mol. The summed E-state index contributed by atoms with van der Waals surface area (Å²) in [6.45, 7) is 1.66. The van der Waals surface area contributed by atoms with Gasteiger partial charge in [0, 0.05) is 25.6 Å². The molecule has 0 saturated carbocycles. The zero-order chi connectivity index (χ0) is 32.4. The molecule has 0 unspecified atom stereocenters.